The third-order valence-electron chi connectivity index (χ3n) is 5.24. The fourth-order valence-corrected chi connectivity index (χ4v) is 7.78. The van der Waals surface area contributed by atoms with Gasteiger partial charge in [0, 0.05) is 0 Å². The van der Waals surface area contributed by atoms with Crippen molar-refractivity contribution in [2.75, 3.05) is 24.7 Å². The van der Waals surface area contributed by atoms with Crippen LogP contribution in [0.4, 0.5) is 5.13 Å². The van der Waals surface area contributed by atoms with Crippen LogP contribution in [0.5, 0.6) is 0 Å². The number of esters is 2. The maximum Gasteiger partial charge on any atom is 0.323 e. The zero-order valence-electron chi connectivity index (χ0n) is 22.5. The van der Waals surface area contributed by atoms with E-state index in [1.807, 2.05) is 27.7 Å². The van der Waals surface area contributed by atoms with Gasteiger partial charge in [0.05, 0.1) is 17.4 Å². The molecule has 0 aliphatic carbocycles. The maximum atomic E-state index is 14.6. The second-order valence-electron chi connectivity index (χ2n) is 8.99. The van der Waals surface area contributed by atoms with E-state index < -0.39 is 31.5 Å². The van der Waals surface area contributed by atoms with Gasteiger partial charge < -0.3 is 19.6 Å². The molecule has 37 heavy (non-hydrogen) atoms. The number of anilines is 1. The molecule has 4 N–H and O–H groups in total. The molecule has 13 heteroatoms. The van der Waals surface area contributed by atoms with E-state index in [1.54, 1.807) is 37.7 Å². The lowest BCUT2D eigenvalue weighted by Gasteiger charge is -2.30. The number of hydrogen-bond acceptors (Lipinski definition) is 10. The van der Waals surface area contributed by atoms with Crippen LogP contribution in [-0.4, -0.2) is 48.0 Å². The van der Waals surface area contributed by atoms with Crippen molar-refractivity contribution in [2.24, 2.45) is 11.8 Å². The number of furan rings is 1. The van der Waals surface area contributed by atoms with Gasteiger partial charge in [-0.25, -0.2) is 15.2 Å². The Balaban J connectivity index is 2.56. The molecule has 0 unspecified atom stereocenters. The molecule has 2 heterocycles. The summed E-state index contributed by atoms with van der Waals surface area (Å²) in [4.78, 5) is 29.9. The summed E-state index contributed by atoms with van der Waals surface area (Å²) < 4.78 is 32.0. The molecule has 0 saturated heterocycles. The van der Waals surface area contributed by atoms with Gasteiger partial charge in [-0.2, -0.15) is 0 Å². The Hall–Kier alpha value is -1.85. The molecule has 0 radical (unpaired) electrons. The van der Waals surface area contributed by atoms with Gasteiger partial charge in [-0.05, 0) is 50.0 Å². The molecule has 0 aromatic carbocycles. The quantitative estimate of drug-likeness (QED) is 0.155. The molecule has 2 atom stereocenters. The fourth-order valence-electron chi connectivity index (χ4n) is 3.36. The van der Waals surface area contributed by atoms with E-state index in [0.29, 0.717) is 16.6 Å². The number of rotatable bonds is 15. The summed E-state index contributed by atoms with van der Waals surface area (Å²) in [6, 6.07) is 1.38. The Bertz CT molecular complexity index is 1050. The largest absolute Gasteiger partial charge is 0.465 e. The van der Waals surface area contributed by atoms with Gasteiger partial charge in [-0.3, -0.25) is 14.2 Å². The maximum absolute atomic E-state index is 14.6. The van der Waals surface area contributed by atoms with Gasteiger partial charge in [0.15, 0.2) is 16.4 Å². The Morgan fingerprint density at radius 1 is 1.05 bits per heavy atom. The molecule has 0 amide bonds. The summed E-state index contributed by atoms with van der Waals surface area (Å²) in [6.45, 7) is 13.1. The van der Waals surface area contributed by atoms with Crippen LogP contribution in [0.2, 0.25) is 0 Å². The predicted octanol–water partition coefficient (Wildman–Crippen LogP) is 4.66. The minimum atomic E-state index is -3.91. The molecule has 10 nitrogen and oxygen atoms in total. The Kier molecular flexibility index (Phi) is 12.2. The Labute approximate surface area is 227 Å². The van der Waals surface area contributed by atoms with Crippen LogP contribution in [0, 0.1) is 11.8 Å². The van der Waals surface area contributed by atoms with Crippen LogP contribution in [-0.2, 0) is 23.6 Å². The third kappa shape index (κ3) is 8.32. The normalized spacial score (nSPS) is 13.6. The van der Waals surface area contributed by atoms with Crippen LogP contribution in [0.15, 0.2) is 20.8 Å². The highest BCUT2D eigenvalue weighted by Crippen LogP contribution is 2.42. The summed E-state index contributed by atoms with van der Waals surface area (Å²) in [5, 5.41) is 6.30. The number of nitrogen functional groups attached to an aromatic ring is 1. The van der Waals surface area contributed by atoms with Crippen LogP contribution in [0.3, 0.4) is 0 Å². The van der Waals surface area contributed by atoms with Crippen molar-refractivity contribution < 1.29 is 28.0 Å². The Morgan fingerprint density at radius 3 is 2.05 bits per heavy atom. The lowest BCUT2D eigenvalue weighted by molar-refractivity contribution is -0.146. The highest BCUT2D eigenvalue weighted by Gasteiger charge is 2.40. The van der Waals surface area contributed by atoms with Crippen LogP contribution >= 0.6 is 30.5 Å². The molecule has 0 aliphatic rings. The lowest BCUT2D eigenvalue weighted by atomic mass is 10.1. The predicted molar refractivity (Wildman–Crippen MR) is 149 cm³/mol. The molecule has 2 rings (SSSR count). The average molecular weight is 575 g/mol. The SMILES string of the molecule is CCCSc1sc(N)nc1-c1ccc(P(=O)(N[C@H](C(=O)OCC)C(C)C)N[C@H](C(=O)OCC)C(C)C)o1. The second kappa shape index (κ2) is 14.3. The van der Waals surface area contributed by atoms with Gasteiger partial charge in [-0.1, -0.05) is 46.0 Å². The third-order valence-corrected chi connectivity index (χ3v) is 9.74. The first-order valence-corrected chi connectivity index (χ1v) is 16.0. The summed E-state index contributed by atoms with van der Waals surface area (Å²) in [5.41, 5.74) is 6.58. The van der Waals surface area contributed by atoms with Gasteiger partial charge >= 0.3 is 11.9 Å². The first kappa shape index (κ1) is 31.4. The average Bonchev–Trinajstić information content (AvgIpc) is 3.46. The van der Waals surface area contributed by atoms with Crippen molar-refractivity contribution in [3.63, 3.8) is 0 Å². The fraction of sp³-hybridized carbons (Fsp3) is 0.625. The van der Waals surface area contributed by atoms with E-state index in [4.69, 9.17) is 19.6 Å². The van der Waals surface area contributed by atoms with Crippen molar-refractivity contribution >= 4 is 53.1 Å². The number of nitrogens with one attached hydrogen (secondary N) is 2. The Morgan fingerprint density at radius 2 is 1.59 bits per heavy atom. The number of nitrogens with two attached hydrogens (primary N) is 1. The highest BCUT2D eigenvalue weighted by atomic mass is 32.2. The van der Waals surface area contributed by atoms with Gasteiger partial charge in [0.25, 0.3) is 7.44 Å². The monoisotopic (exact) mass is 574 g/mol. The molecular formula is C24H39N4O6PS2. The van der Waals surface area contributed by atoms with E-state index in [-0.39, 0.29) is 30.6 Å². The van der Waals surface area contributed by atoms with Crippen LogP contribution in [0.1, 0.15) is 54.9 Å². The zero-order valence-corrected chi connectivity index (χ0v) is 25.1. The van der Waals surface area contributed by atoms with Crippen molar-refractivity contribution in [2.45, 2.75) is 71.2 Å². The summed E-state index contributed by atoms with van der Waals surface area (Å²) >= 11 is 2.98. The summed E-state index contributed by atoms with van der Waals surface area (Å²) in [6.07, 6.45) is 0.975. The molecule has 2 aromatic heterocycles. The number of thiazole rings is 1. The molecule has 0 spiro atoms. The van der Waals surface area contributed by atoms with Crippen molar-refractivity contribution in [1.82, 2.24) is 15.2 Å². The van der Waals surface area contributed by atoms with Crippen molar-refractivity contribution in [3.8, 4) is 11.5 Å². The number of carbonyl (C=O) groups excluding carboxylic acids is 2. The van der Waals surface area contributed by atoms with E-state index >= 15 is 0 Å². The van der Waals surface area contributed by atoms with E-state index in [0.717, 1.165) is 16.4 Å². The van der Waals surface area contributed by atoms with Crippen molar-refractivity contribution in [3.05, 3.63) is 12.1 Å². The highest BCUT2D eigenvalue weighted by molar-refractivity contribution is 8.01. The molecule has 0 aliphatic heterocycles. The van der Waals surface area contributed by atoms with E-state index in [9.17, 15) is 14.2 Å². The minimum Gasteiger partial charge on any atom is -0.465 e. The number of nitrogens with zero attached hydrogens (tertiary/aromatic N) is 1. The van der Waals surface area contributed by atoms with Gasteiger partial charge in [-0.15, -0.1) is 11.8 Å². The number of carbonyl (C=O) groups is 2. The summed E-state index contributed by atoms with van der Waals surface area (Å²) in [7, 11) is -3.91. The molecule has 0 fully saturated rings. The van der Waals surface area contributed by atoms with Gasteiger partial charge in [0.1, 0.15) is 17.8 Å². The number of ether oxygens (including phenoxy) is 2. The second-order valence-corrected chi connectivity index (χ2v) is 13.6. The zero-order chi connectivity index (χ0) is 27.8. The number of thioether (sulfide) groups is 1. The molecule has 208 valence electrons. The standard InChI is InChI=1S/C24H39N4O6PS2/c1-8-13-36-23-20(26-24(25)37-23)16-11-12-17(34-16)35(31,27-18(14(4)5)21(29)32-9-2)28-19(15(6)7)22(30)33-10-3/h11-12,14-15,18-19H,8-10,13H2,1-7H3,(H2,25,26)(H2,27,28,31)/t18-,19-/m0/s1. The first-order chi connectivity index (χ1) is 17.5. The van der Waals surface area contributed by atoms with Gasteiger partial charge in [0.2, 0.25) is 0 Å². The number of hydrogen-bond donors (Lipinski definition) is 3. The van der Waals surface area contributed by atoms with E-state index in [2.05, 4.69) is 22.1 Å². The molecule has 0 saturated carbocycles. The van der Waals surface area contributed by atoms with E-state index in [1.165, 1.54) is 11.3 Å². The first-order valence-electron chi connectivity index (χ1n) is 12.5. The van der Waals surface area contributed by atoms with Crippen LogP contribution < -0.4 is 21.4 Å². The molecule has 2 aromatic rings. The minimum absolute atomic E-state index is 0.0467. The number of aromatic nitrogens is 1. The molecule has 0 bridgehead atoms. The topological polar surface area (TPSA) is 146 Å². The lowest BCUT2D eigenvalue weighted by Crippen LogP contribution is -2.49. The smallest absolute Gasteiger partial charge is 0.323 e. The summed E-state index contributed by atoms with van der Waals surface area (Å²) in [5.74, 6) is -0.351. The molecular weight excluding hydrogens is 535 g/mol. The van der Waals surface area contributed by atoms with Crippen molar-refractivity contribution in [1.29, 1.82) is 0 Å². The van der Waals surface area contributed by atoms with Crippen LogP contribution in [0.25, 0.3) is 11.5 Å².